The van der Waals surface area contributed by atoms with Crippen molar-refractivity contribution in [2.24, 2.45) is 11.8 Å². The zero-order chi connectivity index (χ0) is 25.0. The molecular formula is C27H36N2O6. The van der Waals surface area contributed by atoms with Crippen molar-refractivity contribution in [1.82, 2.24) is 9.80 Å². The number of benzene rings is 2. The summed E-state index contributed by atoms with van der Waals surface area (Å²) in [5.74, 6) is 1.33. The fourth-order valence-corrected chi connectivity index (χ4v) is 5.73. The SMILES string of the molecule is O=CO.O=CO.O[C@@H]1C[C@H]2CN(Cc3ccccc3-c3ccccc3)C[C@H]2C[C@H]1N1CCOCC1. The van der Waals surface area contributed by atoms with Gasteiger partial charge in [-0.15, -0.1) is 0 Å². The highest BCUT2D eigenvalue weighted by molar-refractivity contribution is 5.67. The first-order valence-corrected chi connectivity index (χ1v) is 12.1. The predicted octanol–water partition coefficient (Wildman–Crippen LogP) is 2.66. The van der Waals surface area contributed by atoms with E-state index >= 15 is 0 Å². The standard InChI is InChI=1S/C25H32N2O2.2CH2O2/c28-25-15-22-18-26(17-21(22)14-24(25)27-10-12-29-13-11-27)16-20-8-4-5-9-23(20)19-6-2-1-3-7-19;2*2-1-3/h1-9,21-22,24-25,28H,10-18H2;2*1H,(H,2,3)/t21-,22+,24-,25-;;/m1../s1. The van der Waals surface area contributed by atoms with E-state index < -0.39 is 0 Å². The molecule has 0 aromatic heterocycles. The lowest BCUT2D eigenvalue weighted by molar-refractivity contribution is -0.123. The molecule has 0 radical (unpaired) electrons. The molecule has 0 spiro atoms. The molecule has 2 aromatic carbocycles. The maximum atomic E-state index is 10.8. The molecule has 1 saturated carbocycles. The molecule has 190 valence electrons. The smallest absolute Gasteiger partial charge is 0.290 e. The topological polar surface area (TPSA) is 111 Å². The van der Waals surface area contributed by atoms with E-state index in [1.165, 1.54) is 16.7 Å². The summed E-state index contributed by atoms with van der Waals surface area (Å²) in [4.78, 5) is 21.8. The Morgan fingerprint density at radius 1 is 0.857 bits per heavy atom. The van der Waals surface area contributed by atoms with Crippen molar-refractivity contribution in [1.29, 1.82) is 0 Å². The number of carbonyl (C=O) groups is 2. The normalized spacial score (nSPS) is 26.3. The van der Waals surface area contributed by atoms with Crippen LogP contribution in [-0.2, 0) is 20.9 Å². The molecule has 2 saturated heterocycles. The Labute approximate surface area is 206 Å². The number of morpholine rings is 1. The molecule has 1 aliphatic carbocycles. The highest BCUT2D eigenvalue weighted by Crippen LogP contribution is 2.39. The van der Waals surface area contributed by atoms with Gasteiger partial charge in [-0.1, -0.05) is 54.6 Å². The van der Waals surface area contributed by atoms with Gasteiger partial charge in [0.1, 0.15) is 0 Å². The molecule has 4 atom stereocenters. The molecule has 35 heavy (non-hydrogen) atoms. The molecule has 3 N–H and O–H groups in total. The second kappa shape index (κ2) is 13.9. The third-order valence-corrected chi connectivity index (χ3v) is 7.20. The zero-order valence-corrected chi connectivity index (χ0v) is 20.0. The van der Waals surface area contributed by atoms with E-state index in [1.54, 1.807) is 0 Å². The second-order valence-corrected chi connectivity index (χ2v) is 9.20. The minimum absolute atomic E-state index is 0.189. The lowest BCUT2D eigenvalue weighted by Gasteiger charge is -2.43. The number of aliphatic hydroxyl groups excluding tert-OH is 1. The summed E-state index contributed by atoms with van der Waals surface area (Å²) in [5, 5.41) is 24.6. The lowest BCUT2D eigenvalue weighted by atomic mass is 9.77. The Kier molecular flexibility index (Phi) is 10.7. The molecule has 2 aromatic rings. The summed E-state index contributed by atoms with van der Waals surface area (Å²) in [5.41, 5.74) is 4.04. The van der Waals surface area contributed by atoms with Crippen molar-refractivity contribution in [3.63, 3.8) is 0 Å². The minimum Gasteiger partial charge on any atom is -0.483 e. The van der Waals surface area contributed by atoms with Gasteiger partial charge >= 0.3 is 0 Å². The molecular weight excluding hydrogens is 448 g/mol. The number of nitrogens with zero attached hydrogens (tertiary/aromatic N) is 2. The number of aliphatic hydroxyl groups is 1. The highest BCUT2D eigenvalue weighted by Gasteiger charge is 2.43. The number of likely N-dealkylation sites (tertiary alicyclic amines) is 1. The molecule has 2 heterocycles. The van der Waals surface area contributed by atoms with E-state index in [0.29, 0.717) is 17.9 Å². The lowest BCUT2D eigenvalue weighted by Crippen LogP contribution is -2.53. The quantitative estimate of drug-likeness (QED) is 0.568. The van der Waals surface area contributed by atoms with Crippen LogP contribution in [0.5, 0.6) is 0 Å². The monoisotopic (exact) mass is 484 g/mol. The Morgan fingerprint density at radius 3 is 2.09 bits per heavy atom. The summed E-state index contributed by atoms with van der Waals surface area (Å²) >= 11 is 0. The second-order valence-electron chi connectivity index (χ2n) is 9.20. The van der Waals surface area contributed by atoms with Gasteiger partial charge in [0.25, 0.3) is 12.9 Å². The van der Waals surface area contributed by atoms with E-state index in [4.69, 9.17) is 24.5 Å². The average Bonchev–Trinajstić information content (AvgIpc) is 3.27. The summed E-state index contributed by atoms with van der Waals surface area (Å²) < 4.78 is 5.51. The molecule has 8 nitrogen and oxygen atoms in total. The van der Waals surface area contributed by atoms with Gasteiger partial charge in [0.05, 0.1) is 19.3 Å². The van der Waals surface area contributed by atoms with Crippen molar-refractivity contribution >= 4 is 12.9 Å². The third kappa shape index (κ3) is 7.35. The van der Waals surface area contributed by atoms with E-state index in [0.717, 1.165) is 58.8 Å². The molecule has 2 aliphatic heterocycles. The van der Waals surface area contributed by atoms with Crippen molar-refractivity contribution < 1.29 is 29.6 Å². The number of rotatable bonds is 4. The largest absolute Gasteiger partial charge is 0.483 e. The number of ether oxygens (including phenoxy) is 1. The van der Waals surface area contributed by atoms with E-state index in [2.05, 4.69) is 64.4 Å². The van der Waals surface area contributed by atoms with Crippen molar-refractivity contribution in [3.05, 3.63) is 60.2 Å². The predicted molar refractivity (Wildman–Crippen MR) is 133 cm³/mol. The number of hydrogen-bond donors (Lipinski definition) is 3. The van der Waals surface area contributed by atoms with Crippen LogP contribution in [0.15, 0.2) is 54.6 Å². The van der Waals surface area contributed by atoms with Gasteiger partial charge in [0.2, 0.25) is 0 Å². The molecule has 5 rings (SSSR count). The molecule has 0 amide bonds. The van der Waals surface area contributed by atoms with E-state index in [-0.39, 0.29) is 19.0 Å². The van der Waals surface area contributed by atoms with Gasteiger partial charge in [-0.05, 0) is 41.4 Å². The molecule has 3 fully saturated rings. The van der Waals surface area contributed by atoms with Crippen LogP contribution in [0.4, 0.5) is 0 Å². The van der Waals surface area contributed by atoms with Crippen LogP contribution < -0.4 is 0 Å². The van der Waals surface area contributed by atoms with Gasteiger partial charge in [0.15, 0.2) is 0 Å². The summed E-state index contributed by atoms with van der Waals surface area (Å²) in [6, 6.07) is 19.8. The van der Waals surface area contributed by atoms with Crippen LogP contribution >= 0.6 is 0 Å². The third-order valence-electron chi connectivity index (χ3n) is 7.20. The zero-order valence-electron chi connectivity index (χ0n) is 20.0. The fourth-order valence-electron chi connectivity index (χ4n) is 5.73. The molecule has 8 heteroatoms. The van der Waals surface area contributed by atoms with E-state index in [1.807, 2.05) is 0 Å². The molecule has 0 unspecified atom stereocenters. The summed E-state index contributed by atoms with van der Waals surface area (Å²) in [6.07, 6.45) is 1.89. The number of fused-ring (bicyclic) bond motifs is 1. The van der Waals surface area contributed by atoms with Crippen LogP contribution in [0.1, 0.15) is 18.4 Å². The van der Waals surface area contributed by atoms with Crippen LogP contribution in [0.3, 0.4) is 0 Å². The van der Waals surface area contributed by atoms with E-state index in [9.17, 15) is 5.11 Å². The first-order valence-electron chi connectivity index (χ1n) is 12.1. The van der Waals surface area contributed by atoms with Crippen molar-refractivity contribution in [3.8, 4) is 11.1 Å². The number of carboxylic acid groups (broad SMARTS) is 2. The Bertz CT molecular complexity index is 900. The minimum atomic E-state index is -0.250. The first kappa shape index (κ1) is 26.8. The maximum Gasteiger partial charge on any atom is 0.290 e. The summed E-state index contributed by atoms with van der Waals surface area (Å²) in [7, 11) is 0. The van der Waals surface area contributed by atoms with Crippen LogP contribution in [0.2, 0.25) is 0 Å². The van der Waals surface area contributed by atoms with Crippen LogP contribution in [-0.4, -0.2) is 89.6 Å². The van der Waals surface area contributed by atoms with Gasteiger partial charge in [-0.3, -0.25) is 19.4 Å². The summed E-state index contributed by atoms with van der Waals surface area (Å²) in [6.45, 7) is 6.30. The highest BCUT2D eigenvalue weighted by atomic mass is 16.5. The number of hydrogen-bond acceptors (Lipinski definition) is 6. The molecule has 0 bridgehead atoms. The average molecular weight is 485 g/mol. The maximum absolute atomic E-state index is 10.8. The van der Waals surface area contributed by atoms with Gasteiger partial charge in [-0.25, -0.2) is 0 Å². The Hall–Kier alpha value is -2.78. The Morgan fingerprint density at radius 2 is 1.43 bits per heavy atom. The van der Waals surface area contributed by atoms with Gasteiger partial charge in [-0.2, -0.15) is 0 Å². The first-order chi connectivity index (χ1) is 17.1. The molecule has 3 aliphatic rings. The van der Waals surface area contributed by atoms with Crippen molar-refractivity contribution in [2.75, 3.05) is 39.4 Å². The van der Waals surface area contributed by atoms with Gasteiger partial charge < -0.3 is 20.1 Å². The van der Waals surface area contributed by atoms with Gasteiger partial charge in [0, 0.05) is 38.8 Å². The van der Waals surface area contributed by atoms with Crippen LogP contribution in [0, 0.1) is 11.8 Å². The Balaban J connectivity index is 0.000000520. The fraction of sp³-hybridized carbons (Fsp3) is 0.481. The van der Waals surface area contributed by atoms with Crippen LogP contribution in [0.25, 0.3) is 11.1 Å². The van der Waals surface area contributed by atoms with Crippen molar-refractivity contribution in [2.45, 2.75) is 31.5 Å².